The molecule has 0 aromatic heterocycles. The van der Waals surface area contributed by atoms with Crippen LogP contribution in [0.4, 0.5) is 14.5 Å². The van der Waals surface area contributed by atoms with Crippen molar-refractivity contribution in [3.05, 3.63) is 28.2 Å². The van der Waals surface area contributed by atoms with Crippen LogP contribution in [-0.2, 0) is 4.79 Å². The van der Waals surface area contributed by atoms with Gasteiger partial charge in [0.05, 0.1) is 0 Å². The fourth-order valence-corrected chi connectivity index (χ4v) is 3.22. The number of anilines is 1. The maximum atomic E-state index is 13.6. The van der Waals surface area contributed by atoms with Gasteiger partial charge in [-0.1, -0.05) is 15.9 Å². The monoisotopic (exact) mass is 315 g/mol. The van der Waals surface area contributed by atoms with Crippen molar-refractivity contribution in [2.45, 2.75) is 19.3 Å². The second-order valence-electron chi connectivity index (χ2n) is 5.16. The van der Waals surface area contributed by atoms with E-state index in [1.807, 2.05) is 0 Å². The van der Waals surface area contributed by atoms with Crippen molar-refractivity contribution in [1.82, 2.24) is 0 Å². The molecule has 96 valence electrons. The Balaban J connectivity index is 1.74. The van der Waals surface area contributed by atoms with Crippen LogP contribution in [0.5, 0.6) is 0 Å². The van der Waals surface area contributed by atoms with E-state index in [4.69, 9.17) is 0 Å². The van der Waals surface area contributed by atoms with Crippen molar-refractivity contribution < 1.29 is 13.6 Å². The molecule has 2 aliphatic rings. The van der Waals surface area contributed by atoms with Crippen LogP contribution in [0.25, 0.3) is 0 Å². The number of nitrogens with one attached hydrogen (secondary N) is 1. The lowest BCUT2D eigenvalue weighted by atomic mass is 10.0. The van der Waals surface area contributed by atoms with E-state index in [0.717, 1.165) is 25.0 Å². The first-order valence-corrected chi connectivity index (χ1v) is 6.79. The zero-order valence-electron chi connectivity index (χ0n) is 9.55. The largest absolute Gasteiger partial charge is 0.321 e. The van der Waals surface area contributed by atoms with E-state index < -0.39 is 11.6 Å². The van der Waals surface area contributed by atoms with E-state index in [1.165, 1.54) is 6.42 Å². The lowest BCUT2D eigenvalue weighted by molar-refractivity contribution is -0.120. The summed E-state index contributed by atoms with van der Waals surface area (Å²) < 4.78 is 27.4. The number of hydrogen-bond donors (Lipinski definition) is 1. The Morgan fingerprint density at radius 2 is 1.72 bits per heavy atom. The molecule has 1 amide bonds. The van der Waals surface area contributed by atoms with Crippen molar-refractivity contribution in [3.8, 4) is 0 Å². The van der Waals surface area contributed by atoms with Crippen LogP contribution < -0.4 is 5.32 Å². The molecule has 1 aromatic carbocycles. The molecule has 0 radical (unpaired) electrons. The molecule has 2 nitrogen and oxygen atoms in total. The first kappa shape index (κ1) is 12.1. The molecule has 0 bridgehead atoms. The highest BCUT2D eigenvalue weighted by atomic mass is 79.9. The van der Waals surface area contributed by atoms with Crippen LogP contribution in [0.15, 0.2) is 16.6 Å². The molecule has 0 spiro atoms. The number of carbonyl (C=O) groups is 1. The topological polar surface area (TPSA) is 29.1 Å². The van der Waals surface area contributed by atoms with Gasteiger partial charge in [-0.15, -0.1) is 0 Å². The number of amides is 1. The lowest BCUT2D eigenvalue weighted by Gasteiger charge is -2.13. The normalized spacial score (nSPS) is 28.9. The predicted molar refractivity (Wildman–Crippen MR) is 67.0 cm³/mol. The molecule has 1 aromatic rings. The van der Waals surface area contributed by atoms with E-state index in [9.17, 15) is 13.6 Å². The molecule has 2 unspecified atom stereocenters. The highest BCUT2D eigenvalue weighted by Gasteiger charge is 2.48. The number of benzene rings is 1. The van der Waals surface area contributed by atoms with Gasteiger partial charge in [-0.05, 0) is 43.2 Å². The highest BCUT2D eigenvalue weighted by Crippen LogP contribution is 2.54. The van der Waals surface area contributed by atoms with Gasteiger partial charge in [0.15, 0.2) is 11.6 Å². The van der Waals surface area contributed by atoms with Gasteiger partial charge in [-0.3, -0.25) is 4.79 Å². The lowest BCUT2D eigenvalue weighted by Crippen LogP contribution is -2.22. The zero-order valence-corrected chi connectivity index (χ0v) is 11.1. The summed E-state index contributed by atoms with van der Waals surface area (Å²) in [6, 6.07) is 2.29. The Morgan fingerprint density at radius 3 is 2.28 bits per heavy atom. The summed E-state index contributed by atoms with van der Waals surface area (Å²) in [5.41, 5.74) is -0.344. The molecule has 2 aliphatic carbocycles. The molecular weight excluding hydrogens is 304 g/mol. The van der Waals surface area contributed by atoms with E-state index in [0.29, 0.717) is 16.3 Å². The standard InChI is InChI=1S/C13H12BrF2NO/c14-9-4-10(15)12(11(16)5-9)17-13(18)8-2-6-1-7(6)3-8/h4-8H,1-3H2,(H,17,18). The van der Waals surface area contributed by atoms with Crippen LogP contribution in [0.3, 0.4) is 0 Å². The van der Waals surface area contributed by atoms with Gasteiger partial charge in [0.2, 0.25) is 5.91 Å². The Kier molecular flexibility index (Phi) is 2.88. The predicted octanol–water partition coefficient (Wildman–Crippen LogP) is 3.71. The van der Waals surface area contributed by atoms with Crippen molar-refractivity contribution in [3.63, 3.8) is 0 Å². The molecule has 0 saturated heterocycles. The van der Waals surface area contributed by atoms with Crippen molar-refractivity contribution >= 4 is 27.5 Å². The van der Waals surface area contributed by atoms with E-state index in [2.05, 4.69) is 21.2 Å². The molecule has 2 fully saturated rings. The van der Waals surface area contributed by atoms with Crippen LogP contribution in [0.1, 0.15) is 19.3 Å². The molecule has 0 aliphatic heterocycles. The van der Waals surface area contributed by atoms with Crippen LogP contribution in [0, 0.1) is 29.4 Å². The second-order valence-corrected chi connectivity index (χ2v) is 6.07. The number of rotatable bonds is 2. The second kappa shape index (κ2) is 4.30. The van der Waals surface area contributed by atoms with Crippen LogP contribution >= 0.6 is 15.9 Å². The summed E-state index contributed by atoms with van der Waals surface area (Å²) in [5, 5.41) is 2.38. The summed E-state index contributed by atoms with van der Waals surface area (Å²) in [7, 11) is 0. The Labute approximate surface area is 112 Å². The Bertz CT molecular complexity index is 487. The minimum atomic E-state index is -0.751. The van der Waals surface area contributed by atoms with Crippen molar-refractivity contribution in [2.24, 2.45) is 17.8 Å². The molecule has 1 N–H and O–H groups in total. The van der Waals surface area contributed by atoms with E-state index in [1.54, 1.807) is 0 Å². The number of hydrogen-bond acceptors (Lipinski definition) is 1. The fraction of sp³-hybridized carbons (Fsp3) is 0.462. The number of fused-ring (bicyclic) bond motifs is 1. The molecule has 2 atom stereocenters. The van der Waals surface area contributed by atoms with Gasteiger partial charge < -0.3 is 5.32 Å². The van der Waals surface area contributed by atoms with Crippen LogP contribution in [-0.4, -0.2) is 5.91 Å². The maximum absolute atomic E-state index is 13.6. The molecule has 5 heteroatoms. The molecule has 18 heavy (non-hydrogen) atoms. The number of carbonyl (C=O) groups excluding carboxylic acids is 1. The molecular formula is C13H12BrF2NO. The SMILES string of the molecule is O=C(Nc1c(F)cc(Br)cc1F)C1CC2CC2C1. The molecule has 2 saturated carbocycles. The fourth-order valence-electron chi connectivity index (χ4n) is 2.82. The minimum Gasteiger partial charge on any atom is -0.321 e. The van der Waals surface area contributed by atoms with Gasteiger partial charge >= 0.3 is 0 Å². The van der Waals surface area contributed by atoms with Crippen LogP contribution in [0.2, 0.25) is 0 Å². The smallest absolute Gasteiger partial charge is 0.227 e. The Morgan fingerprint density at radius 1 is 1.17 bits per heavy atom. The summed E-state index contributed by atoms with van der Waals surface area (Å²) in [4.78, 5) is 11.9. The highest BCUT2D eigenvalue weighted by molar-refractivity contribution is 9.10. The maximum Gasteiger partial charge on any atom is 0.227 e. The third-order valence-electron chi connectivity index (χ3n) is 3.87. The first-order valence-electron chi connectivity index (χ1n) is 6.00. The van der Waals surface area contributed by atoms with E-state index >= 15 is 0 Å². The van der Waals surface area contributed by atoms with Gasteiger partial charge in [0, 0.05) is 10.4 Å². The molecule has 3 rings (SSSR count). The number of halogens is 3. The minimum absolute atomic E-state index is 0.0869. The molecule has 0 heterocycles. The third-order valence-corrected chi connectivity index (χ3v) is 4.33. The summed E-state index contributed by atoms with van der Waals surface area (Å²) in [5.74, 6) is -0.518. The van der Waals surface area contributed by atoms with Crippen molar-refractivity contribution in [2.75, 3.05) is 5.32 Å². The van der Waals surface area contributed by atoms with Crippen molar-refractivity contribution in [1.29, 1.82) is 0 Å². The van der Waals surface area contributed by atoms with Gasteiger partial charge in [-0.25, -0.2) is 8.78 Å². The van der Waals surface area contributed by atoms with Gasteiger partial charge in [0.1, 0.15) is 5.69 Å². The average Bonchev–Trinajstić information content (AvgIpc) is 2.90. The average molecular weight is 316 g/mol. The Hall–Kier alpha value is -0.970. The summed E-state index contributed by atoms with van der Waals surface area (Å²) in [6.07, 6.45) is 2.93. The summed E-state index contributed by atoms with van der Waals surface area (Å²) in [6.45, 7) is 0. The quantitative estimate of drug-likeness (QED) is 0.885. The third kappa shape index (κ3) is 2.16. The first-order chi connectivity index (χ1) is 8.54. The van der Waals surface area contributed by atoms with Gasteiger partial charge in [-0.2, -0.15) is 0 Å². The van der Waals surface area contributed by atoms with E-state index in [-0.39, 0.29) is 17.5 Å². The summed E-state index contributed by atoms with van der Waals surface area (Å²) >= 11 is 3.00. The van der Waals surface area contributed by atoms with Gasteiger partial charge in [0.25, 0.3) is 0 Å². The zero-order chi connectivity index (χ0) is 12.9.